The molecule has 0 bridgehead atoms. The van der Waals surface area contributed by atoms with Crippen LogP contribution >= 0.6 is 11.6 Å². The number of carbonyl (C=O) groups excluding carboxylic acids is 1. The highest BCUT2D eigenvalue weighted by atomic mass is 35.5. The second-order valence-corrected chi connectivity index (χ2v) is 9.07. The molecule has 2 aromatic rings. The smallest absolute Gasteiger partial charge is 0.251 e. The van der Waals surface area contributed by atoms with Gasteiger partial charge in [0.1, 0.15) is 0 Å². The van der Waals surface area contributed by atoms with Crippen molar-refractivity contribution < 1.29 is 13.2 Å². The van der Waals surface area contributed by atoms with Crippen molar-refractivity contribution in [2.24, 2.45) is 0 Å². The molecule has 4 nitrogen and oxygen atoms in total. The SMILES string of the molecule is CC1(NC(=O)c2cccc(-c3ccc(Cl)cc3)c2)CCS(=O)(=O)C1. The summed E-state index contributed by atoms with van der Waals surface area (Å²) in [4.78, 5) is 12.5. The van der Waals surface area contributed by atoms with Gasteiger partial charge in [-0.15, -0.1) is 0 Å². The minimum Gasteiger partial charge on any atom is -0.346 e. The second kappa shape index (κ2) is 6.22. The van der Waals surface area contributed by atoms with Crippen LogP contribution in [0.15, 0.2) is 48.5 Å². The molecule has 1 N–H and O–H groups in total. The largest absolute Gasteiger partial charge is 0.346 e. The summed E-state index contributed by atoms with van der Waals surface area (Å²) in [5.41, 5.74) is 1.67. The summed E-state index contributed by atoms with van der Waals surface area (Å²) in [6.45, 7) is 1.78. The molecule has 0 aromatic heterocycles. The standard InChI is InChI=1S/C18H18ClNO3S/c1-18(9-10-24(22,23)12-18)20-17(21)15-4-2-3-14(11-15)13-5-7-16(19)8-6-13/h2-8,11H,9-10,12H2,1H3,(H,20,21). The first kappa shape index (κ1) is 17.0. The van der Waals surface area contributed by atoms with E-state index in [0.29, 0.717) is 17.0 Å². The minimum atomic E-state index is -3.06. The zero-order valence-electron chi connectivity index (χ0n) is 13.3. The van der Waals surface area contributed by atoms with Crippen LogP contribution in [0.2, 0.25) is 5.02 Å². The Balaban J connectivity index is 1.81. The fourth-order valence-electron chi connectivity index (χ4n) is 2.94. The van der Waals surface area contributed by atoms with Crippen molar-refractivity contribution in [2.75, 3.05) is 11.5 Å². The molecule has 1 saturated heterocycles. The predicted octanol–water partition coefficient (Wildman–Crippen LogP) is 3.31. The normalized spacial score (nSPS) is 22.2. The highest BCUT2D eigenvalue weighted by molar-refractivity contribution is 7.91. The third-order valence-electron chi connectivity index (χ3n) is 4.22. The lowest BCUT2D eigenvalue weighted by Gasteiger charge is -2.24. The molecule has 3 rings (SSSR count). The van der Waals surface area contributed by atoms with Gasteiger partial charge in [-0.25, -0.2) is 8.42 Å². The van der Waals surface area contributed by atoms with E-state index < -0.39 is 15.4 Å². The summed E-state index contributed by atoms with van der Waals surface area (Å²) in [5.74, 6) is -0.151. The van der Waals surface area contributed by atoms with Crippen LogP contribution in [0.4, 0.5) is 0 Å². The maximum atomic E-state index is 12.5. The maximum Gasteiger partial charge on any atom is 0.251 e. The third-order valence-corrected chi connectivity index (χ3v) is 6.38. The molecule has 126 valence electrons. The number of hydrogen-bond donors (Lipinski definition) is 1. The zero-order chi connectivity index (χ0) is 17.4. The first-order valence-corrected chi connectivity index (χ1v) is 9.85. The molecule has 1 aliphatic rings. The van der Waals surface area contributed by atoms with Crippen molar-refractivity contribution in [3.05, 3.63) is 59.1 Å². The number of nitrogens with one attached hydrogen (secondary N) is 1. The lowest BCUT2D eigenvalue weighted by molar-refractivity contribution is 0.0915. The van der Waals surface area contributed by atoms with Crippen molar-refractivity contribution in [1.29, 1.82) is 0 Å². The van der Waals surface area contributed by atoms with Crippen LogP contribution in [0.25, 0.3) is 11.1 Å². The third kappa shape index (κ3) is 3.79. The van der Waals surface area contributed by atoms with E-state index in [1.54, 1.807) is 31.2 Å². The van der Waals surface area contributed by atoms with E-state index in [-0.39, 0.29) is 17.4 Å². The van der Waals surface area contributed by atoms with Crippen molar-refractivity contribution >= 4 is 27.3 Å². The quantitative estimate of drug-likeness (QED) is 0.909. The summed E-state index contributed by atoms with van der Waals surface area (Å²) in [6, 6.07) is 14.6. The molecule has 1 aliphatic heterocycles. The molecule has 1 atom stereocenters. The molecular weight excluding hydrogens is 346 g/mol. The van der Waals surface area contributed by atoms with Gasteiger partial charge in [0.25, 0.3) is 5.91 Å². The molecule has 0 saturated carbocycles. The summed E-state index contributed by atoms with van der Waals surface area (Å²) in [7, 11) is -3.06. The first-order valence-electron chi connectivity index (χ1n) is 7.65. The average Bonchev–Trinajstić information content (AvgIpc) is 2.81. The van der Waals surface area contributed by atoms with Gasteiger partial charge in [-0.2, -0.15) is 0 Å². The van der Waals surface area contributed by atoms with Crippen LogP contribution in [0.5, 0.6) is 0 Å². The number of hydrogen-bond acceptors (Lipinski definition) is 3. The highest BCUT2D eigenvalue weighted by Crippen LogP contribution is 2.25. The van der Waals surface area contributed by atoms with Crippen LogP contribution in [-0.2, 0) is 9.84 Å². The van der Waals surface area contributed by atoms with E-state index in [1.807, 2.05) is 24.3 Å². The van der Waals surface area contributed by atoms with Gasteiger partial charge in [-0.3, -0.25) is 4.79 Å². The van der Waals surface area contributed by atoms with E-state index in [2.05, 4.69) is 5.32 Å². The number of halogens is 1. The summed E-state index contributed by atoms with van der Waals surface area (Å²) in [6.07, 6.45) is 0.442. The molecule has 1 amide bonds. The van der Waals surface area contributed by atoms with Gasteiger partial charge in [-0.05, 0) is 48.7 Å². The van der Waals surface area contributed by atoms with E-state index in [1.165, 1.54) is 0 Å². The van der Waals surface area contributed by atoms with E-state index in [0.717, 1.165) is 11.1 Å². The molecule has 1 heterocycles. The Morgan fingerprint density at radius 1 is 1.12 bits per heavy atom. The number of sulfone groups is 1. The van der Waals surface area contributed by atoms with E-state index >= 15 is 0 Å². The van der Waals surface area contributed by atoms with Gasteiger partial charge < -0.3 is 5.32 Å². The Morgan fingerprint density at radius 3 is 2.46 bits per heavy atom. The van der Waals surface area contributed by atoms with Crippen LogP contribution in [0, 0.1) is 0 Å². The molecule has 24 heavy (non-hydrogen) atoms. The molecule has 0 aliphatic carbocycles. The lowest BCUT2D eigenvalue weighted by atomic mass is 9.99. The molecule has 1 fully saturated rings. The van der Waals surface area contributed by atoms with E-state index in [4.69, 9.17) is 11.6 Å². The Bertz CT molecular complexity index is 877. The van der Waals surface area contributed by atoms with Gasteiger partial charge >= 0.3 is 0 Å². The van der Waals surface area contributed by atoms with Gasteiger partial charge in [0.2, 0.25) is 0 Å². The molecule has 2 aromatic carbocycles. The van der Waals surface area contributed by atoms with Crippen molar-refractivity contribution in [2.45, 2.75) is 18.9 Å². The van der Waals surface area contributed by atoms with Crippen LogP contribution < -0.4 is 5.32 Å². The van der Waals surface area contributed by atoms with Gasteiger partial charge in [0.15, 0.2) is 9.84 Å². The Hall–Kier alpha value is -1.85. The van der Waals surface area contributed by atoms with Crippen molar-refractivity contribution in [1.82, 2.24) is 5.32 Å². The number of carbonyl (C=O) groups is 1. The Kier molecular flexibility index (Phi) is 4.40. The van der Waals surface area contributed by atoms with Crippen molar-refractivity contribution in [3.8, 4) is 11.1 Å². The van der Waals surface area contributed by atoms with Gasteiger partial charge in [-0.1, -0.05) is 35.9 Å². The van der Waals surface area contributed by atoms with Gasteiger partial charge in [0.05, 0.1) is 17.0 Å². The van der Waals surface area contributed by atoms with Crippen LogP contribution in [0.1, 0.15) is 23.7 Å². The summed E-state index contributed by atoms with van der Waals surface area (Å²) < 4.78 is 23.3. The van der Waals surface area contributed by atoms with E-state index in [9.17, 15) is 13.2 Å². The first-order chi connectivity index (χ1) is 11.3. The van der Waals surface area contributed by atoms with Crippen molar-refractivity contribution in [3.63, 3.8) is 0 Å². The monoisotopic (exact) mass is 363 g/mol. The fraction of sp³-hybridized carbons (Fsp3) is 0.278. The Morgan fingerprint density at radius 2 is 1.83 bits per heavy atom. The number of amides is 1. The molecule has 6 heteroatoms. The Labute approximate surface area is 146 Å². The molecular formula is C18H18ClNO3S. The number of benzene rings is 2. The fourth-order valence-corrected chi connectivity index (χ4v) is 5.16. The maximum absolute atomic E-state index is 12.5. The van der Waals surface area contributed by atoms with Gasteiger partial charge in [0, 0.05) is 10.6 Å². The topological polar surface area (TPSA) is 63.2 Å². The molecule has 0 spiro atoms. The second-order valence-electron chi connectivity index (χ2n) is 6.44. The number of rotatable bonds is 3. The zero-order valence-corrected chi connectivity index (χ0v) is 14.8. The highest BCUT2D eigenvalue weighted by Gasteiger charge is 2.39. The van der Waals surface area contributed by atoms with Crippen LogP contribution in [0.3, 0.4) is 0 Å². The summed E-state index contributed by atoms with van der Waals surface area (Å²) in [5, 5.41) is 3.53. The minimum absolute atomic E-state index is 0.0113. The summed E-state index contributed by atoms with van der Waals surface area (Å²) >= 11 is 5.90. The molecule has 1 unspecified atom stereocenters. The average molecular weight is 364 g/mol. The lowest BCUT2D eigenvalue weighted by Crippen LogP contribution is -2.46. The molecule has 0 radical (unpaired) electrons. The predicted molar refractivity (Wildman–Crippen MR) is 96.0 cm³/mol. The van der Waals surface area contributed by atoms with Crippen LogP contribution in [-0.4, -0.2) is 31.4 Å².